The summed E-state index contributed by atoms with van der Waals surface area (Å²) in [5, 5.41) is 6.90. The van der Waals surface area contributed by atoms with E-state index in [4.69, 9.17) is 0 Å². The van der Waals surface area contributed by atoms with Gasteiger partial charge in [-0.1, -0.05) is 6.92 Å². The molecule has 0 radical (unpaired) electrons. The monoisotopic (exact) mass is 291 g/mol. The Morgan fingerprint density at radius 1 is 1.19 bits per heavy atom. The molecule has 1 aromatic heterocycles. The smallest absolute Gasteiger partial charge is 0.134 e. The van der Waals surface area contributed by atoms with Crippen LogP contribution >= 0.6 is 0 Å². The van der Waals surface area contributed by atoms with Crippen molar-refractivity contribution >= 4 is 11.6 Å². The molecule has 1 aliphatic rings. The van der Waals surface area contributed by atoms with Crippen molar-refractivity contribution in [3.63, 3.8) is 0 Å². The number of nitrogens with zero attached hydrogens (tertiary/aromatic N) is 3. The Labute approximate surface area is 128 Å². The normalized spacial score (nSPS) is 19.5. The van der Waals surface area contributed by atoms with Crippen LogP contribution in [-0.2, 0) is 6.42 Å². The molecule has 21 heavy (non-hydrogen) atoms. The van der Waals surface area contributed by atoms with E-state index in [1.807, 2.05) is 0 Å². The van der Waals surface area contributed by atoms with Gasteiger partial charge in [0.1, 0.15) is 17.5 Å². The zero-order valence-corrected chi connectivity index (χ0v) is 13.9. The van der Waals surface area contributed by atoms with Gasteiger partial charge in [0.2, 0.25) is 0 Å². The Bertz CT molecular complexity index is 460. The number of anilines is 2. The van der Waals surface area contributed by atoms with Crippen molar-refractivity contribution in [2.45, 2.75) is 40.0 Å². The van der Waals surface area contributed by atoms with Crippen molar-refractivity contribution in [3.8, 4) is 0 Å². The molecule has 0 aliphatic carbocycles. The highest BCUT2D eigenvalue weighted by Crippen LogP contribution is 2.22. The van der Waals surface area contributed by atoms with E-state index in [1.165, 1.54) is 25.9 Å². The van der Waals surface area contributed by atoms with Crippen LogP contribution in [0.3, 0.4) is 0 Å². The van der Waals surface area contributed by atoms with E-state index in [9.17, 15) is 0 Å². The molecule has 1 fully saturated rings. The summed E-state index contributed by atoms with van der Waals surface area (Å²) in [5.41, 5.74) is 1.12. The summed E-state index contributed by atoms with van der Waals surface area (Å²) in [6, 6.07) is 0. The van der Waals surface area contributed by atoms with E-state index in [2.05, 4.69) is 53.3 Å². The second kappa shape index (κ2) is 7.59. The van der Waals surface area contributed by atoms with Gasteiger partial charge in [0.05, 0.1) is 0 Å². The first kappa shape index (κ1) is 16.0. The van der Waals surface area contributed by atoms with Crippen molar-refractivity contribution in [1.82, 2.24) is 14.9 Å². The van der Waals surface area contributed by atoms with E-state index < -0.39 is 0 Å². The van der Waals surface area contributed by atoms with E-state index in [1.54, 1.807) is 0 Å². The molecule has 1 atom stereocenters. The van der Waals surface area contributed by atoms with Crippen molar-refractivity contribution in [2.24, 2.45) is 5.92 Å². The third kappa shape index (κ3) is 4.30. The Kier molecular flexibility index (Phi) is 5.79. The summed E-state index contributed by atoms with van der Waals surface area (Å²) < 4.78 is 0. The second-order valence-electron chi connectivity index (χ2n) is 6.00. The van der Waals surface area contributed by atoms with Crippen LogP contribution in [-0.4, -0.2) is 48.1 Å². The van der Waals surface area contributed by atoms with Gasteiger partial charge in [0.15, 0.2) is 0 Å². The maximum absolute atomic E-state index is 4.66. The molecule has 2 N–H and O–H groups in total. The van der Waals surface area contributed by atoms with Crippen molar-refractivity contribution < 1.29 is 0 Å². The van der Waals surface area contributed by atoms with Crippen molar-refractivity contribution in [1.29, 1.82) is 0 Å². The molecule has 2 heterocycles. The van der Waals surface area contributed by atoms with Gasteiger partial charge in [-0.2, -0.15) is 0 Å². The van der Waals surface area contributed by atoms with Crippen LogP contribution in [0.25, 0.3) is 0 Å². The lowest BCUT2D eigenvalue weighted by molar-refractivity contribution is 0.217. The number of rotatable bonds is 6. The minimum absolute atomic E-state index is 0.714. The van der Waals surface area contributed by atoms with E-state index in [-0.39, 0.29) is 0 Å². The number of hydrogen-bond acceptors (Lipinski definition) is 5. The summed E-state index contributed by atoms with van der Waals surface area (Å²) in [6.45, 7) is 10.6. The first-order valence-electron chi connectivity index (χ1n) is 8.17. The molecule has 0 aromatic carbocycles. The standard InChI is InChI=1S/C16H29N5/c1-5-14-19-15(17-6-2)12(3)16(20-14)18-10-13-8-7-9-21(4)11-13/h13H,5-11H2,1-4H3,(H2,17,18,19,20). The second-order valence-corrected chi connectivity index (χ2v) is 6.00. The van der Waals surface area contributed by atoms with Gasteiger partial charge in [-0.3, -0.25) is 0 Å². The molecule has 0 bridgehead atoms. The maximum atomic E-state index is 4.66. The lowest BCUT2D eigenvalue weighted by Crippen LogP contribution is -2.35. The van der Waals surface area contributed by atoms with Gasteiger partial charge in [-0.15, -0.1) is 0 Å². The minimum Gasteiger partial charge on any atom is -0.370 e. The zero-order valence-electron chi connectivity index (χ0n) is 13.9. The molecule has 1 aliphatic heterocycles. The first-order chi connectivity index (χ1) is 10.1. The van der Waals surface area contributed by atoms with Crippen LogP contribution in [0.4, 0.5) is 11.6 Å². The van der Waals surface area contributed by atoms with Crippen LogP contribution < -0.4 is 10.6 Å². The molecule has 5 heteroatoms. The lowest BCUT2D eigenvalue weighted by atomic mass is 9.98. The average molecular weight is 291 g/mol. The van der Waals surface area contributed by atoms with Gasteiger partial charge < -0.3 is 15.5 Å². The lowest BCUT2D eigenvalue weighted by Gasteiger charge is -2.30. The van der Waals surface area contributed by atoms with E-state index in [0.717, 1.165) is 42.5 Å². The van der Waals surface area contributed by atoms with Gasteiger partial charge in [0, 0.05) is 31.6 Å². The van der Waals surface area contributed by atoms with Gasteiger partial charge in [-0.25, -0.2) is 9.97 Å². The number of nitrogens with one attached hydrogen (secondary N) is 2. The van der Waals surface area contributed by atoms with Crippen LogP contribution in [0.5, 0.6) is 0 Å². The minimum atomic E-state index is 0.714. The number of aryl methyl sites for hydroxylation is 1. The van der Waals surface area contributed by atoms with Crippen molar-refractivity contribution in [2.75, 3.05) is 43.9 Å². The Hall–Kier alpha value is -1.36. The molecule has 5 nitrogen and oxygen atoms in total. The zero-order chi connectivity index (χ0) is 15.2. The molecule has 0 amide bonds. The molecule has 0 spiro atoms. The summed E-state index contributed by atoms with van der Waals surface area (Å²) in [4.78, 5) is 11.7. The van der Waals surface area contributed by atoms with Crippen LogP contribution in [0.1, 0.15) is 38.1 Å². The van der Waals surface area contributed by atoms with Gasteiger partial charge in [-0.05, 0) is 46.2 Å². The highest BCUT2D eigenvalue weighted by molar-refractivity contribution is 5.57. The molecule has 118 valence electrons. The van der Waals surface area contributed by atoms with Gasteiger partial charge in [0.25, 0.3) is 0 Å². The summed E-state index contributed by atoms with van der Waals surface area (Å²) in [5.74, 6) is 3.57. The molecular weight excluding hydrogens is 262 g/mol. The summed E-state index contributed by atoms with van der Waals surface area (Å²) >= 11 is 0. The van der Waals surface area contributed by atoms with E-state index >= 15 is 0 Å². The molecule has 2 rings (SSSR count). The Balaban J connectivity index is 2.05. The largest absolute Gasteiger partial charge is 0.370 e. The Morgan fingerprint density at radius 3 is 2.52 bits per heavy atom. The fourth-order valence-corrected chi connectivity index (χ4v) is 2.91. The third-order valence-electron chi connectivity index (χ3n) is 4.13. The molecular formula is C16H29N5. The van der Waals surface area contributed by atoms with Crippen LogP contribution in [0, 0.1) is 12.8 Å². The summed E-state index contributed by atoms with van der Waals surface area (Å²) in [6.07, 6.45) is 3.47. The third-order valence-corrected chi connectivity index (χ3v) is 4.13. The number of likely N-dealkylation sites (tertiary alicyclic amines) is 1. The number of piperidine rings is 1. The van der Waals surface area contributed by atoms with Crippen molar-refractivity contribution in [3.05, 3.63) is 11.4 Å². The van der Waals surface area contributed by atoms with Crippen LogP contribution in [0.15, 0.2) is 0 Å². The molecule has 0 saturated carbocycles. The highest BCUT2D eigenvalue weighted by Gasteiger charge is 2.18. The highest BCUT2D eigenvalue weighted by atomic mass is 15.1. The topological polar surface area (TPSA) is 53.1 Å². The predicted octanol–water partition coefficient (Wildman–Crippen LogP) is 2.53. The predicted molar refractivity (Wildman–Crippen MR) is 89.0 cm³/mol. The quantitative estimate of drug-likeness (QED) is 0.843. The number of hydrogen-bond donors (Lipinski definition) is 2. The fraction of sp³-hybridized carbons (Fsp3) is 0.750. The van der Waals surface area contributed by atoms with Crippen LogP contribution in [0.2, 0.25) is 0 Å². The molecule has 1 unspecified atom stereocenters. The number of aromatic nitrogens is 2. The Morgan fingerprint density at radius 2 is 1.90 bits per heavy atom. The average Bonchev–Trinajstić information content (AvgIpc) is 2.48. The summed E-state index contributed by atoms with van der Waals surface area (Å²) in [7, 11) is 2.21. The molecule has 1 saturated heterocycles. The fourth-order valence-electron chi connectivity index (χ4n) is 2.91. The van der Waals surface area contributed by atoms with Gasteiger partial charge >= 0.3 is 0 Å². The van der Waals surface area contributed by atoms with E-state index in [0.29, 0.717) is 5.92 Å². The molecule has 1 aromatic rings. The SMILES string of the molecule is CCNc1nc(CC)nc(NCC2CCCN(C)C2)c1C. The first-order valence-corrected chi connectivity index (χ1v) is 8.17. The maximum Gasteiger partial charge on any atom is 0.134 e.